The van der Waals surface area contributed by atoms with Crippen molar-refractivity contribution in [3.8, 4) is 28.7 Å². The number of esters is 1. The number of benzene rings is 1. The molecule has 1 aromatic carbocycles. The van der Waals surface area contributed by atoms with E-state index >= 15 is 0 Å². The van der Waals surface area contributed by atoms with Crippen molar-refractivity contribution in [3.05, 3.63) is 59.9 Å². The van der Waals surface area contributed by atoms with Crippen molar-refractivity contribution in [1.29, 1.82) is 0 Å². The number of nitrogen functional groups attached to an aromatic ring is 1. The maximum absolute atomic E-state index is 12.3. The number of aromatic amines is 1. The van der Waals surface area contributed by atoms with Gasteiger partial charge in [-0.25, -0.2) is 19.4 Å². The van der Waals surface area contributed by atoms with Gasteiger partial charge in [0.1, 0.15) is 16.7 Å². The van der Waals surface area contributed by atoms with Gasteiger partial charge in [-0.15, -0.1) is 0 Å². The van der Waals surface area contributed by atoms with Gasteiger partial charge in [-0.2, -0.15) is 0 Å². The monoisotopic (exact) mass is 502 g/mol. The Kier molecular flexibility index (Phi) is 6.81. The number of hydrogen-bond donors (Lipinski definition) is 3. The summed E-state index contributed by atoms with van der Waals surface area (Å²) in [6, 6.07) is 10.8. The first-order valence-electron chi connectivity index (χ1n) is 11.8. The average molecular weight is 503 g/mol. The van der Waals surface area contributed by atoms with Gasteiger partial charge in [0.15, 0.2) is 23.1 Å². The van der Waals surface area contributed by atoms with Gasteiger partial charge in [0.2, 0.25) is 0 Å². The molecule has 12 heteroatoms. The average Bonchev–Trinajstić information content (AvgIpc) is 3.68. The normalized spacial score (nSPS) is 11.2. The Morgan fingerprint density at radius 1 is 1.14 bits per heavy atom. The zero-order valence-electron chi connectivity index (χ0n) is 20.2. The number of carbonyl (C=O) groups excluding carboxylic acids is 1. The van der Waals surface area contributed by atoms with Crippen molar-refractivity contribution in [2.45, 2.75) is 26.4 Å². The van der Waals surface area contributed by atoms with Crippen molar-refractivity contribution in [1.82, 2.24) is 29.8 Å². The highest BCUT2D eigenvalue weighted by atomic mass is 16.6. The molecule has 0 aliphatic carbocycles. The first-order chi connectivity index (χ1) is 18.1. The van der Waals surface area contributed by atoms with Gasteiger partial charge in [-0.05, 0) is 47.1 Å². The second kappa shape index (κ2) is 10.5. The number of nitrogens with two attached hydrogens (primary N) is 2. The maximum atomic E-state index is 12.3. The predicted molar refractivity (Wildman–Crippen MR) is 135 cm³/mol. The van der Waals surface area contributed by atoms with Crippen LogP contribution in [0.1, 0.15) is 29.3 Å². The van der Waals surface area contributed by atoms with Crippen LogP contribution >= 0.6 is 0 Å². The minimum absolute atomic E-state index is 0.140. The van der Waals surface area contributed by atoms with E-state index in [1.54, 1.807) is 18.3 Å². The number of aromatic nitrogens is 6. The first-order valence-corrected chi connectivity index (χ1v) is 11.8. The number of imidazole rings is 1. The summed E-state index contributed by atoms with van der Waals surface area (Å²) in [6.07, 6.45) is 3.96. The van der Waals surface area contributed by atoms with Crippen LogP contribution in [0, 0.1) is 0 Å². The molecule has 0 radical (unpaired) electrons. The number of aryl methyl sites for hydroxylation is 1. The molecule has 37 heavy (non-hydrogen) atoms. The van der Waals surface area contributed by atoms with Crippen LogP contribution in [0.15, 0.2) is 53.4 Å². The maximum Gasteiger partial charge on any atom is 0.338 e. The highest BCUT2D eigenvalue weighted by molar-refractivity contribution is 5.95. The molecular formula is C25H26N8O4. The van der Waals surface area contributed by atoms with Crippen molar-refractivity contribution in [3.63, 3.8) is 0 Å². The van der Waals surface area contributed by atoms with Gasteiger partial charge < -0.3 is 30.5 Å². The fraction of sp³-hybridized carbons (Fsp3) is 0.240. The van der Waals surface area contributed by atoms with E-state index in [-0.39, 0.29) is 12.4 Å². The lowest BCUT2D eigenvalue weighted by molar-refractivity contribution is 0.0486. The Hall–Kier alpha value is -4.71. The lowest BCUT2D eigenvalue weighted by Gasteiger charge is -2.12. The van der Waals surface area contributed by atoms with Gasteiger partial charge in [-0.3, -0.25) is 0 Å². The molecule has 4 aromatic heterocycles. The van der Waals surface area contributed by atoms with Crippen LogP contribution in [-0.2, 0) is 17.8 Å². The third-order valence-electron chi connectivity index (χ3n) is 5.84. The molecule has 0 saturated carbocycles. The van der Waals surface area contributed by atoms with Crippen molar-refractivity contribution >= 4 is 22.8 Å². The predicted octanol–water partition coefficient (Wildman–Crippen LogP) is 3.16. The van der Waals surface area contributed by atoms with Gasteiger partial charge >= 0.3 is 5.97 Å². The molecule has 0 atom stereocenters. The first kappa shape index (κ1) is 24.0. The standard InChI is InChI=1S/C25H26N8O4/c1-2-33-22-18(35-11-4-12-36-25(34)16-8-6-15(13-26)7-9-16)14-29-19(17-5-3-10-28-17)20(22)30-24(33)21-23(27)32-37-31-21/h3,5-10,14,28H,2,4,11-13,26H2,1H3,(H2,27,32). The van der Waals surface area contributed by atoms with E-state index in [1.807, 2.05) is 42.0 Å². The lowest BCUT2D eigenvalue weighted by Crippen LogP contribution is -2.10. The summed E-state index contributed by atoms with van der Waals surface area (Å²) in [6.45, 7) is 3.46. The van der Waals surface area contributed by atoms with Gasteiger partial charge in [0.05, 0.1) is 30.7 Å². The Balaban J connectivity index is 1.35. The largest absolute Gasteiger partial charge is 0.490 e. The molecule has 0 bridgehead atoms. The summed E-state index contributed by atoms with van der Waals surface area (Å²) in [5, 5.41) is 7.62. The number of nitrogens with zero attached hydrogens (tertiary/aromatic N) is 5. The number of carbonyl (C=O) groups is 1. The molecule has 5 N–H and O–H groups in total. The Labute approximate surface area is 211 Å². The smallest absolute Gasteiger partial charge is 0.338 e. The SMILES string of the molecule is CCn1c(-c2nonc2N)nc2c(-c3ccc[nH]3)ncc(OCCCOC(=O)c3ccc(CN)cc3)c21. The fourth-order valence-electron chi connectivity index (χ4n) is 4.00. The third-order valence-corrected chi connectivity index (χ3v) is 5.84. The van der Waals surface area contributed by atoms with Crippen LogP contribution in [0.2, 0.25) is 0 Å². The Morgan fingerprint density at radius 2 is 1.97 bits per heavy atom. The molecule has 0 unspecified atom stereocenters. The quantitative estimate of drug-likeness (QED) is 0.190. The summed E-state index contributed by atoms with van der Waals surface area (Å²) in [7, 11) is 0. The van der Waals surface area contributed by atoms with Crippen LogP contribution in [-0.4, -0.2) is 49.0 Å². The summed E-state index contributed by atoms with van der Waals surface area (Å²) >= 11 is 0. The highest BCUT2D eigenvalue weighted by Gasteiger charge is 2.24. The molecular weight excluding hydrogens is 476 g/mol. The number of anilines is 1. The molecule has 12 nitrogen and oxygen atoms in total. The topological polar surface area (TPSA) is 173 Å². The second-order valence-corrected chi connectivity index (χ2v) is 8.17. The number of ether oxygens (including phenoxy) is 2. The molecule has 0 spiro atoms. The summed E-state index contributed by atoms with van der Waals surface area (Å²) in [5.41, 5.74) is 16.1. The molecule has 0 aliphatic heterocycles. The van der Waals surface area contributed by atoms with Crippen LogP contribution in [0.3, 0.4) is 0 Å². The molecule has 0 saturated heterocycles. The molecule has 4 heterocycles. The van der Waals surface area contributed by atoms with E-state index in [1.165, 1.54) is 0 Å². The summed E-state index contributed by atoms with van der Waals surface area (Å²) in [5.74, 6) is 0.776. The lowest BCUT2D eigenvalue weighted by atomic mass is 10.1. The van der Waals surface area contributed by atoms with Crippen LogP contribution in [0.5, 0.6) is 5.75 Å². The number of nitrogens with one attached hydrogen (secondary N) is 1. The van der Waals surface area contributed by atoms with Gasteiger partial charge in [0.25, 0.3) is 0 Å². The van der Waals surface area contributed by atoms with Gasteiger partial charge in [0, 0.05) is 25.7 Å². The van der Waals surface area contributed by atoms with E-state index < -0.39 is 5.97 Å². The van der Waals surface area contributed by atoms with E-state index in [2.05, 4.69) is 20.3 Å². The van der Waals surface area contributed by atoms with Crippen LogP contribution in [0.25, 0.3) is 33.9 Å². The number of pyridine rings is 1. The third kappa shape index (κ3) is 4.74. The number of H-pyrrole nitrogens is 1. The minimum Gasteiger partial charge on any atom is -0.490 e. The molecule has 0 aliphatic rings. The Bertz CT molecular complexity index is 1510. The Morgan fingerprint density at radius 3 is 2.65 bits per heavy atom. The summed E-state index contributed by atoms with van der Waals surface area (Å²) in [4.78, 5) is 24.9. The van der Waals surface area contributed by atoms with E-state index in [0.717, 1.165) is 16.8 Å². The van der Waals surface area contributed by atoms with E-state index in [9.17, 15) is 4.79 Å². The van der Waals surface area contributed by atoms with Crippen LogP contribution < -0.4 is 16.2 Å². The van der Waals surface area contributed by atoms with E-state index in [0.29, 0.717) is 60.2 Å². The second-order valence-electron chi connectivity index (χ2n) is 8.17. The number of hydrogen-bond acceptors (Lipinski definition) is 10. The zero-order chi connectivity index (χ0) is 25.8. The molecule has 190 valence electrons. The zero-order valence-corrected chi connectivity index (χ0v) is 20.2. The van der Waals surface area contributed by atoms with E-state index in [4.69, 9.17) is 30.6 Å². The molecule has 5 rings (SSSR count). The molecule has 5 aromatic rings. The molecule has 0 fully saturated rings. The number of rotatable bonds is 10. The number of fused-ring (bicyclic) bond motifs is 1. The minimum atomic E-state index is -0.393. The van der Waals surface area contributed by atoms with Gasteiger partial charge in [-0.1, -0.05) is 12.1 Å². The van der Waals surface area contributed by atoms with Crippen molar-refractivity contribution < 1.29 is 18.9 Å². The highest BCUT2D eigenvalue weighted by Crippen LogP contribution is 2.36. The fourth-order valence-corrected chi connectivity index (χ4v) is 4.00. The molecule has 0 amide bonds. The van der Waals surface area contributed by atoms with Crippen molar-refractivity contribution in [2.75, 3.05) is 18.9 Å². The summed E-state index contributed by atoms with van der Waals surface area (Å²) < 4.78 is 18.2. The van der Waals surface area contributed by atoms with Crippen LogP contribution in [0.4, 0.5) is 5.82 Å². The van der Waals surface area contributed by atoms with Crippen molar-refractivity contribution in [2.24, 2.45) is 5.73 Å².